The standard InChI is InChI=1S/C33H42N2O5/c1-3-13-27(22-30(37)35-33(24-36)19-11-12-20-33)31(38)34-23-29(26-17-9-6-10-18-26)40-32(39)28(14-4-2)21-25-15-7-5-8-16-25/h3-10,15-18,27-29,36H,1-2,11-14,19-24H2,(H,34,38)(H,35,37)/t27-,28-,29+/m1/s1. The molecule has 214 valence electrons. The van der Waals surface area contributed by atoms with Gasteiger partial charge in [0.2, 0.25) is 11.8 Å². The van der Waals surface area contributed by atoms with E-state index in [9.17, 15) is 19.5 Å². The van der Waals surface area contributed by atoms with Crippen molar-refractivity contribution in [3.63, 3.8) is 0 Å². The molecule has 3 rings (SSSR count). The number of nitrogens with one attached hydrogen (secondary N) is 2. The van der Waals surface area contributed by atoms with Gasteiger partial charge in [0, 0.05) is 6.42 Å². The summed E-state index contributed by atoms with van der Waals surface area (Å²) in [6, 6.07) is 19.0. The first-order chi connectivity index (χ1) is 19.4. The largest absolute Gasteiger partial charge is 0.455 e. The number of hydrogen-bond acceptors (Lipinski definition) is 5. The Kier molecular flexibility index (Phi) is 12.2. The Hall–Kier alpha value is -3.71. The van der Waals surface area contributed by atoms with Gasteiger partial charge in [0.25, 0.3) is 0 Å². The van der Waals surface area contributed by atoms with E-state index in [2.05, 4.69) is 23.8 Å². The minimum Gasteiger partial charge on any atom is -0.455 e. The summed E-state index contributed by atoms with van der Waals surface area (Å²) < 4.78 is 5.98. The van der Waals surface area contributed by atoms with E-state index in [-0.39, 0.29) is 37.4 Å². The Labute approximate surface area is 237 Å². The fourth-order valence-corrected chi connectivity index (χ4v) is 5.26. The molecule has 0 radical (unpaired) electrons. The molecule has 0 spiro atoms. The van der Waals surface area contributed by atoms with Crippen LogP contribution < -0.4 is 10.6 Å². The molecule has 1 aliphatic carbocycles. The van der Waals surface area contributed by atoms with Crippen molar-refractivity contribution in [2.24, 2.45) is 11.8 Å². The van der Waals surface area contributed by atoms with Crippen LogP contribution in [0.15, 0.2) is 86.0 Å². The van der Waals surface area contributed by atoms with Crippen LogP contribution in [0, 0.1) is 11.8 Å². The molecule has 2 aromatic carbocycles. The zero-order valence-corrected chi connectivity index (χ0v) is 23.2. The highest BCUT2D eigenvalue weighted by atomic mass is 16.5. The number of benzene rings is 2. The third-order valence-corrected chi connectivity index (χ3v) is 7.52. The third-order valence-electron chi connectivity index (χ3n) is 7.52. The molecule has 2 amide bonds. The molecule has 0 aliphatic heterocycles. The summed E-state index contributed by atoms with van der Waals surface area (Å²) in [5.74, 6) is -1.98. The topological polar surface area (TPSA) is 105 Å². The predicted molar refractivity (Wildman–Crippen MR) is 156 cm³/mol. The molecule has 2 aromatic rings. The molecular formula is C33H42N2O5. The fraction of sp³-hybridized carbons (Fsp3) is 0.424. The second kappa shape index (κ2) is 15.8. The fourth-order valence-electron chi connectivity index (χ4n) is 5.26. The maximum Gasteiger partial charge on any atom is 0.310 e. The molecule has 0 heterocycles. The number of carbonyl (C=O) groups is 3. The molecular weight excluding hydrogens is 504 g/mol. The summed E-state index contributed by atoms with van der Waals surface area (Å²) >= 11 is 0. The van der Waals surface area contributed by atoms with Crippen molar-refractivity contribution in [2.45, 2.75) is 63.0 Å². The van der Waals surface area contributed by atoms with Gasteiger partial charge in [-0.2, -0.15) is 0 Å². The monoisotopic (exact) mass is 546 g/mol. The summed E-state index contributed by atoms with van der Waals surface area (Å²) in [4.78, 5) is 39.3. The van der Waals surface area contributed by atoms with E-state index in [1.807, 2.05) is 60.7 Å². The number of rotatable bonds is 16. The van der Waals surface area contributed by atoms with E-state index in [1.165, 1.54) is 0 Å². The number of aliphatic hydroxyl groups is 1. The van der Waals surface area contributed by atoms with Gasteiger partial charge >= 0.3 is 5.97 Å². The van der Waals surface area contributed by atoms with Gasteiger partial charge in [0.05, 0.1) is 30.5 Å². The lowest BCUT2D eigenvalue weighted by atomic mass is 9.95. The molecule has 0 bridgehead atoms. The first kappa shape index (κ1) is 30.8. The molecule has 1 fully saturated rings. The van der Waals surface area contributed by atoms with Crippen LogP contribution in [0.25, 0.3) is 0 Å². The highest BCUT2D eigenvalue weighted by molar-refractivity contribution is 5.86. The van der Waals surface area contributed by atoms with Crippen LogP contribution in [0.4, 0.5) is 0 Å². The van der Waals surface area contributed by atoms with Crippen LogP contribution >= 0.6 is 0 Å². The number of ether oxygens (including phenoxy) is 1. The molecule has 0 saturated heterocycles. The quantitative estimate of drug-likeness (QED) is 0.207. The van der Waals surface area contributed by atoms with Crippen molar-refractivity contribution in [2.75, 3.05) is 13.2 Å². The lowest BCUT2D eigenvalue weighted by Crippen LogP contribution is -2.50. The Bertz CT molecular complexity index is 1110. The van der Waals surface area contributed by atoms with Gasteiger partial charge in [0.15, 0.2) is 0 Å². The van der Waals surface area contributed by atoms with Crippen molar-refractivity contribution < 1.29 is 24.2 Å². The van der Waals surface area contributed by atoms with Gasteiger partial charge in [0.1, 0.15) is 6.10 Å². The molecule has 1 saturated carbocycles. The second-order valence-electron chi connectivity index (χ2n) is 10.6. The molecule has 0 unspecified atom stereocenters. The SMILES string of the molecule is C=CC[C@H](CC(=O)NC1(CO)CCCC1)C(=O)NC[C@H](OC(=O)[C@H](CC=C)Cc1ccccc1)c1ccccc1. The van der Waals surface area contributed by atoms with E-state index >= 15 is 0 Å². The van der Waals surface area contributed by atoms with Crippen LogP contribution in [-0.4, -0.2) is 41.6 Å². The summed E-state index contributed by atoms with van der Waals surface area (Å²) in [7, 11) is 0. The van der Waals surface area contributed by atoms with E-state index < -0.39 is 23.5 Å². The normalized spacial score (nSPS) is 16.2. The first-order valence-electron chi connectivity index (χ1n) is 14.1. The lowest BCUT2D eigenvalue weighted by molar-refractivity contribution is -0.154. The van der Waals surface area contributed by atoms with Gasteiger partial charge in [-0.25, -0.2) is 0 Å². The van der Waals surface area contributed by atoms with Crippen molar-refractivity contribution in [3.05, 3.63) is 97.1 Å². The highest BCUT2D eigenvalue weighted by Gasteiger charge is 2.35. The average molecular weight is 547 g/mol. The molecule has 7 nitrogen and oxygen atoms in total. The minimum atomic E-state index is -0.699. The highest BCUT2D eigenvalue weighted by Crippen LogP contribution is 2.29. The number of hydrogen-bond donors (Lipinski definition) is 3. The van der Waals surface area contributed by atoms with Crippen LogP contribution in [-0.2, 0) is 25.5 Å². The van der Waals surface area contributed by atoms with Gasteiger partial charge in [-0.15, -0.1) is 13.2 Å². The first-order valence-corrected chi connectivity index (χ1v) is 14.1. The number of amides is 2. The van der Waals surface area contributed by atoms with E-state index in [4.69, 9.17) is 4.74 Å². The van der Waals surface area contributed by atoms with Crippen molar-refractivity contribution in [3.8, 4) is 0 Å². The molecule has 40 heavy (non-hydrogen) atoms. The third kappa shape index (κ3) is 9.19. The Morgan fingerprint density at radius 3 is 2.12 bits per heavy atom. The van der Waals surface area contributed by atoms with Crippen molar-refractivity contribution in [1.29, 1.82) is 0 Å². The predicted octanol–water partition coefficient (Wildman–Crippen LogP) is 4.83. The molecule has 0 aromatic heterocycles. The minimum absolute atomic E-state index is 0.0200. The van der Waals surface area contributed by atoms with Gasteiger partial charge in [-0.3, -0.25) is 14.4 Å². The summed E-state index contributed by atoms with van der Waals surface area (Å²) in [5.41, 5.74) is 1.19. The number of esters is 1. The summed E-state index contributed by atoms with van der Waals surface area (Å²) in [6.07, 6.45) is 7.29. The average Bonchev–Trinajstić information content (AvgIpc) is 3.44. The van der Waals surface area contributed by atoms with E-state index in [0.29, 0.717) is 19.3 Å². The van der Waals surface area contributed by atoms with Crippen molar-refractivity contribution >= 4 is 17.8 Å². The Balaban J connectivity index is 1.66. The Morgan fingerprint density at radius 2 is 1.52 bits per heavy atom. The van der Waals surface area contributed by atoms with Crippen LogP contribution in [0.5, 0.6) is 0 Å². The lowest BCUT2D eigenvalue weighted by Gasteiger charge is -2.29. The van der Waals surface area contributed by atoms with Gasteiger partial charge in [-0.05, 0) is 43.2 Å². The number of carbonyl (C=O) groups excluding carboxylic acids is 3. The zero-order valence-electron chi connectivity index (χ0n) is 23.2. The molecule has 3 N–H and O–H groups in total. The molecule has 3 atom stereocenters. The maximum atomic E-state index is 13.3. The summed E-state index contributed by atoms with van der Waals surface area (Å²) in [6.45, 7) is 7.51. The Morgan fingerprint density at radius 1 is 0.925 bits per heavy atom. The smallest absolute Gasteiger partial charge is 0.310 e. The molecule has 1 aliphatic rings. The van der Waals surface area contributed by atoms with Gasteiger partial charge in [-0.1, -0.05) is 85.7 Å². The van der Waals surface area contributed by atoms with Crippen LogP contribution in [0.3, 0.4) is 0 Å². The van der Waals surface area contributed by atoms with E-state index in [0.717, 1.165) is 36.8 Å². The van der Waals surface area contributed by atoms with Crippen LogP contribution in [0.1, 0.15) is 62.2 Å². The molecule has 7 heteroatoms. The number of allylic oxidation sites excluding steroid dienone is 2. The van der Waals surface area contributed by atoms with Crippen molar-refractivity contribution in [1.82, 2.24) is 10.6 Å². The zero-order chi connectivity index (χ0) is 28.8. The van der Waals surface area contributed by atoms with Crippen LogP contribution in [0.2, 0.25) is 0 Å². The number of aliphatic hydroxyl groups excluding tert-OH is 1. The van der Waals surface area contributed by atoms with E-state index in [1.54, 1.807) is 12.2 Å². The van der Waals surface area contributed by atoms with Gasteiger partial charge < -0.3 is 20.5 Å². The maximum absolute atomic E-state index is 13.3. The second-order valence-corrected chi connectivity index (χ2v) is 10.6. The summed E-state index contributed by atoms with van der Waals surface area (Å²) in [5, 5.41) is 15.7.